The number of hydrogen-bond donors (Lipinski definition) is 4. The molecule has 0 atom stereocenters. The molecular weight excluding hydrogens is 496 g/mol. The maximum absolute atomic E-state index is 10.6. The van der Waals surface area contributed by atoms with Crippen LogP contribution in [0, 0.1) is 22.2 Å². The standard InChI is InChI=1S/C30H39ClN6O/c31-24-4-2-1-3-22(24)18-33-26-34-19-23(17-32)25(37-26)35-20-27-5-11-29(12-6-27,13-7-27)36-21-28-8-14-30(38,15-9-28)16-10-28/h1-4,19,36,38H,5-16,18,20-21H2,(H2,33,34,35,37). The molecule has 6 aliphatic carbocycles. The molecule has 1 heterocycles. The number of nitrogens with one attached hydrogen (secondary N) is 3. The second kappa shape index (κ2) is 9.97. The number of anilines is 2. The molecule has 0 spiro atoms. The summed E-state index contributed by atoms with van der Waals surface area (Å²) >= 11 is 6.28. The third-order valence-corrected chi connectivity index (χ3v) is 10.9. The Hall–Kier alpha value is -2.40. The monoisotopic (exact) mass is 534 g/mol. The van der Waals surface area contributed by atoms with Crippen LogP contribution < -0.4 is 16.0 Å². The van der Waals surface area contributed by atoms with Crippen LogP contribution in [0.4, 0.5) is 11.8 Å². The van der Waals surface area contributed by atoms with E-state index in [9.17, 15) is 10.4 Å². The number of hydrogen-bond acceptors (Lipinski definition) is 7. The Balaban J connectivity index is 1.04. The van der Waals surface area contributed by atoms with Crippen LogP contribution in [0.1, 0.15) is 88.2 Å². The Bertz CT molecular complexity index is 1180. The Morgan fingerprint density at radius 3 is 2.16 bits per heavy atom. The van der Waals surface area contributed by atoms with Crippen molar-refractivity contribution in [1.82, 2.24) is 15.3 Å². The molecule has 0 radical (unpaired) electrons. The van der Waals surface area contributed by atoms with Gasteiger partial charge in [0.05, 0.1) is 11.8 Å². The zero-order valence-corrected chi connectivity index (χ0v) is 22.9. The SMILES string of the molecule is N#Cc1cnc(NCc2ccccc2Cl)nc1NCC12CCC(NCC34CCC(O)(CC3)CC4)(CC1)CC2. The van der Waals surface area contributed by atoms with Gasteiger partial charge in [-0.1, -0.05) is 29.8 Å². The normalized spacial score (nSPS) is 33.6. The van der Waals surface area contributed by atoms with Crippen LogP contribution >= 0.6 is 11.6 Å². The fourth-order valence-corrected chi connectivity index (χ4v) is 7.65. The number of aromatic nitrogens is 2. The van der Waals surface area contributed by atoms with Crippen LogP contribution in [-0.2, 0) is 6.54 Å². The second-order valence-corrected chi connectivity index (χ2v) is 13.1. The highest BCUT2D eigenvalue weighted by Crippen LogP contribution is 2.55. The van der Waals surface area contributed by atoms with Crippen molar-refractivity contribution in [1.29, 1.82) is 5.26 Å². The molecular formula is C30H39ClN6O. The Kier molecular flexibility index (Phi) is 6.78. The van der Waals surface area contributed by atoms with Gasteiger partial charge in [0.2, 0.25) is 5.95 Å². The molecule has 1 aromatic heterocycles. The highest BCUT2D eigenvalue weighted by Gasteiger charge is 2.51. The van der Waals surface area contributed by atoms with E-state index in [2.05, 4.69) is 32.0 Å². The lowest BCUT2D eigenvalue weighted by atomic mass is 9.56. The van der Waals surface area contributed by atoms with E-state index in [1.807, 2.05) is 24.3 Å². The first-order valence-corrected chi connectivity index (χ1v) is 14.7. The molecule has 6 fully saturated rings. The number of halogens is 1. The first-order valence-electron chi connectivity index (χ1n) is 14.3. The predicted octanol–water partition coefficient (Wildman–Crippen LogP) is 5.79. The van der Waals surface area contributed by atoms with E-state index in [1.165, 1.54) is 57.8 Å². The van der Waals surface area contributed by atoms with E-state index in [1.54, 1.807) is 6.20 Å². The van der Waals surface area contributed by atoms with Crippen molar-refractivity contribution >= 4 is 23.4 Å². The lowest BCUT2D eigenvalue weighted by Crippen LogP contribution is -2.59. The van der Waals surface area contributed by atoms with Crippen molar-refractivity contribution < 1.29 is 5.11 Å². The minimum atomic E-state index is -0.357. The van der Waals surface area contributed by atoms with Gasteiger partial charge in [0.15, 0.2) is 0 Å². The third kappa shape index (κ3) is 5.11. The minimum Gasteiger partial charge on any atom is -0.390 e. The summed E-state index contributed by atoms with van der Waals surface area (Å²) in [5, 5.41) is 31.8. The first-order chi connectivity index (χ1) is 18.3. The van der Waals surface area contributed by atoms with Crippen molar-refractivity contribution in [2.45, 2.75) is 94.7 Å². The molecule has 7 nitrogen and oxygen atoms in total. The van der Waals surface area contributed by atoms with Gasteiger partial charge in [-0.3, -0.25) is 0 Å². The van der Waals surface area contributed by atoms with Gasteiger partial charge in [0.1, 0.15) is 17.5 Å². The number of nitriles is 1. The molecule has 6 aliphatic rings. The van der Waals surface area contributed by atoms with Gasteiger partial charge in [0.25, 0.3) is 0 Å². The van der Waals surface area contributed by atoms with Gasteiger partial charge in [0, 0.05) is 30.2 Å². The highest BCUT2D eigenvalue weighted by atomic mass is 35.5. The van der Waals surface area contributed by atoms with E-state index >= 15 is 0 Å². The Morgan fingerprint density at radius 2 is 1.50 bits per heavy atom. The molecule has 0 amide bonds. The average Bonchev–Trinajstić information content (AvgIpc) is 2.97. The summed E-state index contributed by atoms with van der Waals surface area (Å²) in [4.78, 5) is 8.97. The van der Waals surface area contributed by atoms with Crippen molar-refractivity contribution in [3.63, 3.8) is 0 Å². The quantitative estimate of drug-likeness (QED) is 0.322. The first kappa shape index (κ1) is 25.9. The molecule has 6 saturated carbocycles. The summed E-state index contributed by atoms with van der Waals surface area (Å²) in [6.07, 6.45) is 15.3. The molecule has 2 aromatic rings. The summed E-state index contributed by atoms with van der Waals surface area (Å²) in [7, 11) is 0. The minimum absolute atomic E-state index is 0.261. The molecule has 0 saturated heterocycles. The Labute approximate surface area is 230 Å². The maximum atomic E-state index is 10.6. The molecule has 8 rings (SSSR count). The van der Waals surface area contributed by atoms with Crippen molar-refractivity contribution in [3.8, 4) is 6.07 Å². The van der Waals surface area contributed by atoms with Crippen molar-refractivity contribution in [2.75, 3.05) is 23.7 Å². The van der Waals surface area contributed by atoms with E-state index in [0.717, 1.165) is 37.9 Å². The van der Waals surface area contributed by atoms with E-state index in [4.69, 9.17) is 11.6 Å². The van der Waals surface area contributed by atoms with Gasteiger partial charge >= 0.3 is 0 Å². The largest absolute Gasteiger partial charge is 0.390 e. The molecule has 202 valence electrons. The average molecular weight is 535 g/mol. The van der Waals surface area contributed by atoms with Crippen LogP contribution in [0.2, 0.25) is 5.02 Å². The number of benzene rings is 1. The number of fused-ring (bicyclic) bond motifs is 6. The molecule has 4 bridgehead atoms. The number of nitrogens with zero attached hydrogens (tertiary/aromatic N) is 3. The van der Waals surface area contributed by atoms with E-state index in [0.29, 0.717) is 34.3 Å². The predicted molar refractivity (Wildman–Crippen MR) is 150 cm³/mol. The lowest BCUT2D eigenvalue weighted by molar-refractivity contribution is -0.0949. The molecule has 1 aromatic carbocycles. The number of rotatable bonds is 9. The lowest BCUT2D eigenvalue weighted by Gasteiger charge is -2.56. The number of aliphatic hydroxyl groups is 1. The fourth-order valence-electron chi connectivity index (χ4n) is 7.45. The van der Waals surface area contributed by atoms with E-state index in [-0.39, 0.29) is 16.6 Å². The van der Waals surface area contributed by atoms with Crippen molar-refractivity contribution in [3.05, 3.63) is 46.6 Å². The molecule has 0 unspecified atom stereocenters. The highest BCUT2D eigenvalue weighted by molar-refractivity contribution is 6.31. The summed E-state index contributed by atoms with van der Waals surface area (Å²) < 4.78 is 0. The van der Waals surface area contributed by atoms with Gasteiger partial charge in [-0.25, -0.2) is 4.98 Å². The van der Waals surface area contributed by atoms with Crippen LogP contribution in [0.3, 0.4) is 0 Å². The summed E-state index contributed by atoms with van der Waals surface area (Å²) in [5.41, 5.74) is 2.04. The molecule has 4 N–H and O–H groups in total. The van der Waals surface area contributed by atoms with Crippen LogP contribution in [0.5, 0.6) is 0 Å². The van der Waals surface area contributed by atoms with Gasteiger partial charge in [-0.2, -0.15) is 10.2 Å². The van der Waals surface area contributed by atoms with Gasteiger partial charge < -0.3 is 21.1 Å². The summed E-state index contributed by atoms with van der Waals surface area (Å²) in [6.45, 7) is 2.47. The van der Waals surface area contributed by atoms with Gasteiger partial charge in [-0.15, -0.1) is 0 Å². The zero-order valence-electron chi connectivity index (χ0n) is 22.2. The van der Waals surface area contributed by atoms with Crippen molar-refractivity contribution in [2.24, 2.45) is 10.8 Å². The van der Waals surface area contributed by atoms with Crippen LogP contribution in [0.25, 0.3) is 0 Å². The smallest absolute Gasteiger partial charge is 0.224 e. The summed E-state index contributed by atoms with van der Waals surface area (Å²) in [5.74, 6) is 1.09. The topological polar surface area (TPSA) is 106 Å². The van der Waals surface area contributed by atoms with Crippen LogP contribution in [-0.4, -0.2) is 39.3 Å². The second-order valence-electron chi connectivity index (χ2n) is 12.7. The molecule has 38 heavy (non-hydrogen) atoms. The maximum Gasteiger partial charge on any atom is 0.224 e. The molecule has 0 aliphatic heterocycles. The third-order valence-electron chi connectivity index (χ3n) is 10.5. The fraction of sp³-hybridized carbons (Fsp3) is 0.633. The summed E-state index contributed by atoms with van der Waals surface area (Å²) in [6, 6.07) is 9.95. The zero-order chi connectivity index (χ0) is 26.3. The van der Waals surface area contributed by atoms with Gasteiger partial charge in [-0.05, 0) is 99.5 Å². The molecule has 8 heteroatoms. The van der Waals surface area contributed by atoms with Crippen LogP contribution in [0.15, 0.2) is 30.5 Å². The van der Waals surface area contributed by atoms with E-state index < -0.39 is 0 Å². The Morgan fingerprint density at radius 1 is 0.868 bits per heavy atom.